The molecule has 0 aliphatic rings. The molecule has 0 saturated heterocycles. The summed E-state index contributed by atoms with van der Waals surface area (Å²) in [6, 6.07) is 8.74. The SMILES string of the molecule is CCS(=O)(=O)c1ccc(OCC(F)(F)F)c(Nc2ncnc3cc(OCCCOC)ccc23)c1. The second-order valence-electron chi connectivity index (χ2n) is 7.19. The van der Waals surface area contributed by atoms with Gasteiger partial charge in [0, 0.05) is 31.6 Å². The number of fused-ring (bicyclic) bond motifs is 1. The number of hydrogen-bond donors (Lipinski definition) is 1. The maximum atomic E-state index is 12.7. The summed E-state index contributed by atoms with van der Waals surface area (Å²) in [4.78, 5) is 8.34. The van der Waals surface area contributed by atoms with Crippen molar-refractivity contribution in [2.24, 2.45) is 0 Å². The minimum Gasteiger partial charge on any atom is -0.493 e. The molecule has 3 aromatic rings. The highest BCUT2D eigenvalue weighted by atomic mass is 32.2. The zero-order valence-corrected chi connectivity index (χ0v) is 19.4. The molecule has 2 aromatic carbocycles. The monoisotopic (exact) mass is 499 g/mol. The van der Waals surface area contributed by atoms with E-state index in [1.165, 1.54) is 31.5 Å². The largest absolute Gasteiger partial charge is 0.493 e. The van der Waals surface area contributed by atoms with Gasteiger partial charge in [-0.25, -0.2) is 18.4 Å². The summed E-state index contributed by atoms with van der Waals surface area (Å²) >= 11 is 0. The van der Waals surface area contributed by atoms with Gasteiger partial charge in [0.15, 0.2) is 16.4 Å². The number of aromatic nitrogens is 2. The third-order valence-electron chi connectivity index (χ3n) is 4.70. The molecule has 0 spiro atoms. The Hall–Kier alpha value is -3.12. The highest BCUT2D eigenvalue weighted by molar-refractivity contribution is 7.91. The van der Waals surface area contributed by atoms with Gasteiger partial charge in [0.25, 0.3) is 0 Å². The molecule has 1 N–H and O–H groups in total. The lowest BCUT2D eigenvalue weighted by Crippen LogP contribution is -2.19. The lowest BCUT2D eigenvalue weighted by molar-refractivity contribution is -0.153. The Morgan fingerprint density at radius 3 is 2.53 bits per heavy atom. The van der Waals surface area contributed by atoms with E-state index in [-0.39, 0.29) is 27.9 Å². The second-order valence-corrected chi connectivity index (χ2v) is 9.46. The quantitative estimate of drug-likeness (QED) is 0.385. The Balaban J connectivity index is 1.94. The van der Waals surface area contributed by atoms with E-state index in [4.69, 9.17) is 14.2 Å². The molecule has 34 heavy (non-hydrogen) atoms. The molecule has 0 bridgehead atoms. The maximum absolute atomic E-state index is 12.7. The summed E-state index contributed by atoms with van der Waals surface area (Å²) in [6.07, 6.45) is -2.57. The fourth-order valence-corrected chi connectivity index (χ4v) is 3.91. The van der Waals surface area contributed by atoms with Crippen molar-refractivity contribution in [2.45, 2.75) is 24.4 Å². The van der Waals surface area contributed by atoms with Gasteiger partial charge in [-0.1, -0.05) is 6.92 Å². The number of halogens is 3. The number of rotatable bonds is 11. The van der Waals surface area contributed by atoms with Crippen molar-refractivity contribution in [1.82, 2.24) is 9.97 Å². The third kappa shape index (κ3) is 6.70. The Morgan fingerprint density at radius 2 is 1.82 bits per heavy atom. The van der Waals surface area contributed by atoms with E-state index in [9.17, 15) is 21.6 Å². The number of nitrogens with one attached hydrogen (secondary N) is 1. The smallest absolute Gasteiger partial charge is 0.422 e. The summed E-state index contributed by atoms with van der Waals surface area (Å²) in [5.41, 5.74) is 0.551. The minimum atomic E-state index is -4.56. The van der Waals surface area contributed by atoms with Crippen LogP contribution in [-0.4, -0.2) is 57.2 Å². The Bertz CT molecular complexity index is 1240. The molecular formula is C22H24F3N3O5S. The van der Waals surface area contributed by atoms with Crippen LogP contribution in [-0.2, 0) is 14.6 Å². The van der Waals surface area contributed by atoms with Crippen LogP contribution in [0, 0.1) is 0 Å². The van der Waals surface area contributed by atoms with Gasteiger partial charge < -0.3 is 19.5 Å². The van der Waals surface area contributed by atoms with Crippen molar-refractivity contribution >= 4 is 32.2 Å². The molecule has 12 heteroatoms. The van der Waals surface area contributed by atoms with Crippen molar-refractivity contribution in [3.8, 4) is 11.5 Å². The van der Waals surface area contributed by atoms with Gasteiger partial charge >= 0.3 is 6.18 Å². The molecule has 3 rings (SSSR count). The predicted octanol–water partition coefficient (Wildman–Crippen LogP) is 4.52. The zero-order chi connectivity index (χ0) is 24.8. The van der Waals surface area contributed by atoms with E-state index in [2.05, 4.69) is 15.3 Å². The fourth-order valence-electron chi connectivity index (χ4n) is 3.00. The zero-order valence-electron chi connectivity index (χ0n) is 18.6. The van der Waals surface area contributed by atoms with Crippen molar-refractivity contribution in [3.05, 3.63) is 42.7 Å². The summed E-state index contributed by atoms with van der Waals surface area (Å²) in [5.74, 6) is 0.508. The predicted molar refractivity (Wildman–Crippen MR) is 121 cm³/mol. The first-order valence-electron chi connectivity index (χ1n) is 10.3. The third-order valence-corrected chi connectivity index (χ3v) is 6.44. The highest BCUT2D eigenvalue weighted by Crippen LogP contribution is 2.34. The van der Waals surface area contributed by atoms with Crippen LogP contribution in [0.3, 0.4) is 0 Å². The van der Waals surface area contributed by atoms with Gasteiger partial charge in [0.2, 0.25) is 0 Å². The van der Waals surface area contributed by atoms with Gasteiger partial charge in [-0.3, -0.25) is 0 Å². The number of sulfone groups is 1. The van der Waals surface area contributed by atoms with Gasteiger partial charge in [-0.2, -0.15) is 13.2 Å². The molecule has 1 heterocycles. The number of methoxy groups -OCH3 is 1. The lowest BCUT2D eigenvalue weighted by Gasteiger charge is -2.16. The summed E-state index contributed by atoms with van der Waals surface area (Å²) in [6.45, 7) is 0.961. The molecule has 0 aliphatic carbocycles. The molecule has 0 saturated carbocycles. The average molecular weight is 500 g/mol. The van der Waals surface area contributed by atoms with Gasteiger partial charge in [0.1, 0.15) is 23.6 Å². The van der Waals surface area contributed by atoms with Crippen LogP contribution in [0.15, 0.2) is 47.6 Å². The standard InChI is InChI=1S/C22H24F3N3O5S/c1-3-34(29,30)16-6-8-20(33-13-22(23,24)25)19(12-16)28-21-17-7-5-15(32-10-4-9-31-2)11-18(17)26-14-27-21/h5-8,11-12,14H,3-4,9-10,13H2,1-2H3,(H,26,27,28). The highest BCUT2D eigenvalue weighted by Gasteiger charge is 2.29. The summed E-state index contributed by atoms with van der Waals surface area (Å²) in [5, 5.41) is 3.46. The number of nitrogens with zero attached hydrogens (tertiary/aromatic N) is 2. The molecule has 0 aliphatic heterocycles. The lowest BCUT2D eigenvalue weighted by atomic mass is 10.2. The molecular weight excluding hydrogens is 475 g/mol. The number of benzene rings is 2. The van der Waals surface area contributed by atoms with Crippen LogP contribution in [0.2, 0.25) is 0 Å². The summed E-state index contributed by atoms with van der Waals surface area (Å²) in [7, 11) is -2.00. The van der Waals surface area contributed by atoms with Crippen molar-refractivity contribution in [2.75, 3.05) is 38.0 Å². The number of ether oxygens (including phenoxy) is 3. The van der Waals surface area contributed by atoms with Crippen LogP contribution in [0.5, 0.6) is 11.5 Å². The minimum absolute atomic E-state index is 0.0265. The molecule has 0 radical (unpaired) electrons. The average Bonchev–Trinajstić information content (AvgIpc) is 2.80. The van der Waals surface area contributed by atoms with Gasteiger partial charge in [-0.05, 0) is 30.3 Å². The number of alkyl halides is 3. The second kappa shape index (κ2) is 10.9. The molecule has 1 aromatic heterocycles. The number of anilines is 2. The van der Waals surface area contributed by atoms with E-state index in [1.807, 2.05) is 0 Å². The normalized spacial score (nSPS) is 12.0. The summed E-state index contributed by atoms with van der Waals surface area (Å²) < 4.78 is 78.4. The van der Waals surface area contributed by atoms with Crippen molar-refractivity contribution in [3.63, 3.8) is 0 Å². The van der Waals surface area contributed by atoms with Crippen LogP contribution in [0.25, 0.3) is 10.9 Å². The van der Waals surface area contributed by atoms with E-state index >= 15 is 0 Å². The van der Waals surface area contributed by atoms with E-state index in [1.54, 1.807) is 25.3 Å². The van der Waals surface area contributed by atoms with Gasteiger partial charge in [-0.15, -0.1) is 0 Å². The molecule has 8 nitrogen and oxygen atoms in total. The van der Waals surface area contributed by atoms with Crippen LogP contribution < -0.4 is 14.8 Å². The number of hydrogen-bond acceptors (Lipinski definition) is 8. The molecule has 0 fully saturated rings. The topological polar surface area (TPSA) is 99.6 Å². The Labute approximate surface area is 195 Å². The van der Waals surface area contributed by atoms with E-state index < -0.39 is 22.6 Å². The van der Waals surface area contributed by atoms with E-state index in [0.717, 1.165) is 0 Å². The fraction of sp³-hybridized carbons (Fsp3) is 0.364. The maximum Gasteiger partial charge on any atom is 0.422 e. The van der Waals surface area contributed by atoms with Gasteiger partial charge in [0.05, 0.1) is 28.5 Å². The van der Waals surface area contributed by atoms with Crippen LogP contribution in [0.4, 0.5) is 24.7 Å². The molecule has 0 atom stereocenters. The molecule has 0 unspecified atom stereocenters. The molecule has 0 amide bonds. The van der Waals surface area contributed by atoms with E-state index in [0.29, 0.717) is 36.3 Å². The Kier molecular flexibility index (Phi) is 8.15. The van der Waals surface area contributed by atoms with Crippen molar-refractivity contribution in [1.29, 1.82) is 0 Å². The first kappa shape index (κ1) is 25.5. The van der Waals surface area contributed by atoms with Crippen molar-refractivity contribution < 1.29 is 35.8 Å². The Morgan fingerprint density at radius 1 is 1.03 bits per heavy atom. The van der Waals surface area contributed by atoms with Crippen LogP contribution in [0.1, 0.15) is 13.3 Å². The van der Waals surface area contributed by atoms with Crippen LogP contribution >= 0.6 is 0 Å². The first-order chi connectivity index (χ1) is 16.1. The molecule has 184 valence electrons. The first-order valence-corrected chi connectivity index (χ1v) is 12.0.